The van der Waals surface area contributed by atoms with Gasteiger partial charge in [-0.15, -0.1) is 0 Å². The van der Waals surface area contributed by atoms with Crippen LogP contribution in [-0.4, -0.2) is 26.2 Å². The second-order valence-corrected chi connectivity index (χ2v) is 7.59. The van der Waals surface area contributed by atoms with E-state index in [1.165, 1.54) is 14.2 Å². The molecular formula is C25H27NO4. The summed E-state index contributed by atoms with van der Waals surface area (Å²) >= 11 is 0. The first-order valence-electron chi connectivity index (χ1n) is 9.84. The fraction of sp³-hybridized carbons (Fsp3) is 0.280. The van der Waals surface area contributed by atoms with Crippen molar-refractivity contribution in [1.82, 2.24) is 0 Å². The summed E-state index contributed by atoms with van der Waals surface area (Å²) in [5, 5.41) is 3.34. The molecular weight excluding hydrogens is 378 g/mol. The van der Waals surface area contributed by atoms with Crippen molar-refractivity contribution >= 4 is 17.6 Å². The van der Waals surface area contributed by atoms with E-state index in [-0.39, 0.29) is 5.97 Å². The number of ether oxygens (including phenoxy) is 2. The smallest absolute Gasteiger partial charge is 0.336 e. The van der Waals surface area contributed by atoms with Crippen molar-refractivity contribution in [3.05, 3.63) is 88.1 Å². The van der Waals surface area contributed by atoms with Crippen LogP contribution in [0.4, 0.5) is 5.69 Å². The molecule has 1 aliphatic rings. The van der Waals surface area contributed by atoms with Gasteiger partial charge in [0.1, 0.15) is 0 Å². The molecule has 0 amide bonds. The van der Waals surface area contributed by atoms with Gasteiger partial charge in [-0.3, -0.25) is 4.79 Å². The lowest BCUT2D eigenvalue weighted by Gasteiger charge is -2.33. The summed E-state index contributed by atoms with van der Waals surface area (Å²) in [4.78, 5) is 25.7. The number of carbonyl (C=O) groups is 2. The van der Waals surface area contributed by atoms with Crippen LogP contribution in [-0.2, 0) is 19.1 Å². The number of carbonyl (C=O) groups excluding carboxylic acids is 2. The molecule has 0 bridgehead atoms. The molecule has 0 unspecified atom stereocenters. The van der Waals surface area contributed by atoms with Crippen molar-refractivity contribution in [3.63, 3.8) is 0 Å². The minimum absolute atomic E-state index is 0.384. The predicted molar refractivity (Wildman–Crippen MR) is 117 cm³/mol. The molecule has 0 aliphatic heterocycles. The summed E-state index contributed by atoms with van der Waals surface area (Å²) in [6.45, 7) is 5.89. The van der Waals surface area contributed by atoms with Gasteiger partial charge >= 0.3 is 11.9 Å². The molecule has 5 nitrogen and oxygen atoms in total. The zero-order valence-electron chi connectivity index (χ0n) is 18.0. The maximum Gasteiger partial charge on any atom is 0.336 e. The number of esters is 2. The third-order valence-corrected chi connectivity index (χ3v) is 5.42. The molecule has 2 atom stereocenters. The van der Waals surface area contributed by atoms with E-state index in [1.807, 2.05) is 75.4 Å². The summed E-state index contributed by atoms with van der Waals surface area (Å²) in [5.74, 6) is -2.00. The Morgan fingerprint density at radius 3 is 1.93 bits per heavy atom. The van der Waals surface area contributed by atoms with E-state index in [0.29, 0.717) is 11.3 Å². The molecule has 30 heavy (non-hydrogen) atoms. The summed E-state index contributed by atoms with van der Waals surface area (Å²) in [7, 11) is 2.72. The molecule has 0 aromatic heterocycles. The molecule has 3 rings (SSSR count). The van der Waals surface area contributed by atoms with Crippen LogP contribution in [0.25, 0.3) is 0 Å². The largest absolute Gasteiger partial charge is 0.469 e. The average molecular weight is 405 g/mol. The van der Waals surface area contributed by atoms with Crippen LogP contribution in [0.2, 0.25) is 0 Å². The van der Waals surface area contributed by atoms with Crippen molar-refractivity contribution in [1.29, 1.82) is 0 Å². The van der Waals surface area contributed by atoms with Crippen molar-refractivity contribution in [2.24, 2.45) is 5.92 Å². The van der Waals surface area contributed by atoms with Crippen molar-refractivity contribution in [3.8, 4) is 0 Å². The third-order valence-electron chi connectivity index (χ3n) is 5.42. The van der Waals surface area contributed by atoms with Crippen LogP contribution >= 0.6 is 0 Å². The second-order valence-electron chi connectivity index (χ2n) is 7.59. The van der Waals surface area contributed by atoms with Crippen LogP contribution in [0.3, 0.4) is 0 Å². The molecule has 1 N–H and O–H groups in total. The molecule has 0 spiro atoms. The van der Waals surface area contributed by atoms with Gasteiger partial charge in [0.25, 0.3) is 0 Å². The average Bonchev–Trinajstić information content (AvgIpc) is 2.74. The highest BCUT2D eigenvalue weighted by Gasteiger charge is 2.41. The maximum absolute atomic E-state index is 12.9. The fourth-order valence-electron chi connectivity index (χ4n) is 3.82. The first kappa shape index (κ1) is 21.4. The maximum atomic E-state index is 12.9. The topological polar surface area (TPSA) is 64.6 Å². The number of hydrogen-bond acceptors (Lipinski definition) is 5. The normalized spacial score (nSPS) is 18.5. The number of aryl methyl sites for hydroxylation is 2. The Bertz CT molecular complexity index is 1000. The van der Waals surface area contributed by atoms with E-state index in [0.717, 1.165) is 28.0 Å². The Kier molecular flexibility index (Phi) is 6.40. The minimum atomic E-state index is -0.615. The molecule has 156 valence electrons. The number of allylic oxidation sites excluding steroid dienone is 1. The zero-order valence-corrected chi connectivity index (χ0v) is 18.0. The van der Waals surface area contributed by atoms with E-state index >= 15 is 0 Å². The molecule has 0 radical (unpaired) electrons. The van der Waals surface area contributed by atoms with Gasteiger partial charge in [0.05, 0.1) is 25.7 Å². The fourth-order valence-corrected chi connectivity index (χ4v) is 3.82. The van der Waals surface area contributed by atoms with Gasteiger partial charge in [0.2, 0.25) is 0 Å². The Balaban J connectivity index is 2.19. The number of methoxy groups -OCH3 is 2. The lowest BCUT2D eigenvalue weighted by Crippen LogP contribution is -2.33. The lowest BCUT2D eigenvalue weighted by atomic mass is 9.72. The number of hydrogen-bond donors (Lipinski definition) is 1. The molecule has 2 aromatic carbocycles. The highest BCUT2D eigenvalue weighted by molar-refractivity contribution is 5.95. The number of anilines is 1. The van der Waals surface area contributed by atoms with E-state index in [1.54, 1.807) is 0 Å². The Hall–Kier alpha value is -3.34. The highest BCUT2D eigenvalue weighted by Crippen LogP contribution is 2.43. The quantitative estimate of drug-likeness (QED) is 0.732. The van der Waals surface area contributed by atoms with Gasteiger partial charge in [-0.25, -0.2) is 4.79 Å². The number of nitrogens with one attached hydrogen (secondary N) is 1. The summed E-state index contributed by atoms with van der Waals surface area (Å²) in [6, 6.07) is 15.7. The molecule has 5 heteroatoms. The molecule has 1 aliphatic carbocycles. The van der Waals surface area contributed by atoms with Crippen LogP contribution in [0.1, 0.15) is 29.5 Å². The Morgan fingerprint density at radius 1 is 0.833 bits per heavy atom. The van der Waals surface area contributed by atoms with Gasteiger partial charge < -0.3 is 14.8 Å². The van der Waals surface area contributed by atoms with Gasteiger partial charge in [0.15, 0.2) is 0 Å². The van der Waals surface area contributed by atoms with Gasteiger partial charge in [-0.1, -0.05) is 53.1 Å². The van der Waals surface area contributed by atoms with E-state index in [2.05, 4.69) is 5.32 Å². The molecule has 0 saturated heterocycles. The van der Waals surface area contributed by atoms with E-state index < -0.39 is 17.8 Å². The monoisotopic (exact) mass is 405 g/mol. The van der Waals surface area contributed by atoms with E-state index in [4.69, 9.17) is 9.47 Å². The molecule has 2 aromatic rings. The van der Waals surface area contributed by atoms with Gasteiger partial charge in [0, 0.05) is 17.3 Å². The first-order chi connectivity index (χ1) is 14.3. The first-order valence-corrected chi connectivity index (χ1v) is 9.84. The molecule has 0 heterocycles. The SMILES string of the molecule is COC(=O)C1=C(Nc2ccc(C)cc2)C=C(C)[C@H](C(=O)OC)[C@H]1c1ccc(C)cc1. The Labute approximate surface area is 177 Å². The van der Waals surface area contributed by atoms with Crippen LogP contribution in [0.5, 0.6) is 0 Å². The van der Waals surface area contributed by atoms with Crippen LogP contribution in [0, 0.1) is 19.8 Å². The minimum Gasteiger partial charge on any atom is -0.469 e. The molecule has 0 fully saturated rings. The standard InChI is InChI=1S/C25H27NO4/c1-15-6-10-18(11-7-15)22-21(24(27)29-4)17(3)14-20(23(22)25(28)30-5)26-19-12-8-16(2)9-13-19/h6-14,21-22,26H,1-5H3/t21-,22+/m0/s1. The zero-order chi connectivity index (χ0) is 21.8. The molecule has 0 saturated carbocycles. The summed E-state index contributed by atoms with van der Waals surface area (Å²) in [5.41, 5.74) is 5.78. The number of rotatable bonds is 5. The second kappa shape index (κ2) is 8.99. The van der Waals surface area contributed by atoms with Gasteiger partial charge in [-0.2, -0.15) is 0 Å². The van der Waals surface area contributed by atoms with Crippen molar-refractivity contribution in [2.45, 2.75) is 26.7 Å². The van der Waals surface area contributed by atoms with Crippen LogP contribution in [0.15, 0.2) is 71.5 Å². The van der Waals surface area contributed by atoms with Crippen LogP contribution < -0.4 is 5.32 Å². The number of benzene rings is 2. The Morgan fingerprint density at radius 2 is 1.40 bits per heavy atom. The predicted octanol–water partition coefficient (Wildman–Crippen LogP) is 4.68. The van der Waals surface area contributed by atoms with Gasteiger partial charge in [-0.05, 0) is 44.5 Å². The summed E-state index contributed by atoms with van der Waals surface area (Å²) in [6.07, 6.45) is 1.83. The van der Waals surface area contributed by atoms with Crippen molar-refractivity contribution in [2.75, 3.05) is 19.5 Å². The third kappa shape index (κ3) is 4.30. The summed E-state index contributed by atoms with van der Waals surface area (Å²) < 4.78 is 10.2. The lowest BCUT2D eigenvalue weighted by molar-refractivity contribution is -0.144. The highest BCUT2D eigenvalue weighted by atomic mass is 16.5. The van der Waals surface area contributed by atoms with E-state index in [9.17, 15) is 9.59 Å². The van der Waals surface area contributed by atoms with Crippen molar-refractivity contribution < 1.29 is 19.1 Å².